The molecule has 2 rings (SSSR count). The molecule has 0 aliphatic carbocycles. The summed E-state index contributed by atoms with van der Waals surface area (Å²) < 4.78 is 10.4. The number of aliphatic hydroxyl groups is 1. The molecule has 7 heteroatoms. The molecule has 7 nitrogen and oxygen atoms in total. The first-order valence-corrected chi connectivity index (χ1v) is 6.15. The van der Waals surface area contributed by atoms with E-state index in [0.717, 1.165) is 0 Å². The van der Waals surface area contributed by atoms with Crippen LogP contribution in [0.1, 0.15) is 18.7 Å². The third-order valence-corrected chi connectivity index (χ3v) is 2.77. The highest BCUT2D eigenvalue weighted by Gasteiger charge is 2.16. The molecule has 1 atom stereocenters. The zero-order valence-corrected chi connectivity index (χ0v) is 11.5. The SMILES string of the molecule is COc1ccc(Oc2ccc([C@@H](C)O)nc2)cc1[N+](=O)[O-]. The summed E-state index contributed by atoms with van der Waals surface area (Å²) >= 11 is 0. The lowest BCUT2D eigenvalue weighted by Crippen LogP contribution is -1.96. The monoisotopic (exact) mass is 290 g/mol. The van der Waals surface area contributed by atoms with Gasteiger partial charge in [-0.25, -0.2) is 0 Å². The summed E-state index contributed by atoms with van der Waals surface area (Å²) in [4.78, 5) is 14.4. The highest BCUT2D eigenvalue weighted by molar-refractivity contribution is 5.51. The molecule has 0 fully saturated rings. The van der Waals surface area contributed by atoms with Crippen LogP contribution in [0.2, 0.25) is 0 Å². The van der Waals surface area contributed by atoms with Crippen LogP contribution < -0.4 is 9.47 Å². The number of rotatable bonds is 5. The fourth-order valence-corrected chi connectivity index (χ4v) is 1.71. The van der Waals surface area contributed by atoms with Crippen LogP contribution in [0, 0.1) is 10.1 Å². The van der Waals surface area contributed by atoms with Crippen molar-refractivity contribution in [3.05, 3.63) is 52.3 Å². The minimum atomic E-state index is -0.666. The molecule has 0 aliphatic rings. The molecule has 0 unspecified atom stereocenters. The third kappa shape index (κ3) is 3.46. The lowest BCUT2D eigenvalue weighted by Gasteiger charge is -2.08. The van der Waals surface area contributed by atoms with Crippen molar-refractivity contribution in [3.63, 3.8) is 0 Å². The number of aromatic nitrogens is 1. The molecule has 21 heavy (non-hydrogen) atoms. The largest absolute Gasteiger partial charge is 0.490 e. The first kappa shape index (κ1) is 14.7. The van der Waals surface area contributed by atoms with Gasteiger partial charge in [0, 0.05) is 0 Å². The summed E-state index contributed by atoms with van der Waals surface area (Å²) in [6.45, 7) is 1.61. The van der Waals surface area contributed by atoms with E-state index in [1.807, 2.05) is 0 Å². The van der Waals surface area contributed by atoms with Crippen molar-refractivity contribution >= 4 is 5.69 Å². The lowest BCUT2D eigenvalue weighted by molar-refractivity contribution is -0.385. The normalized spacial score (nSPS) is 11.8. The zero-order valence-electron chi connectivity index (χ0n) is 11.5. The van der Waals surface area contributed by atoms with Gasteiger partial charge < -0.3 is 14.6 Å². The molecule has 0 spiro atoms. The van der Waals surface area contributed by atoms with Crippen molar-refractivity contribution in [2.24, 2.45) is 0 Å². The number of nitro benzene ring substituents is 1. The standard InChI is InChI=1S/C14H14N2O5/c1-9(17)12-5-3-11(8-15-12)21-10-4-6-14(20-2)13(7-10)16(18)19/h3-9,17H,1-2H3/t9-/m1/s1. The van der Waals surface area contributed by atoms with E-state index >= 15 is 0 Å². The Kier molecular flexibility index (Phi) is 4.34. The third-order valence-electron chi connectivity index (χ3n) is 2.77. The molecule has 0 amide bonds. The lowest BCUT2D eigenvalue weighted by atomic mass is 10.2. The van der Waals surface area contributed by atoms with E-state index in [-0.39, 0.29) is 11.4 Å². The van der Waals surface area contributed by atoms with Crippen LogP contribution in [-0.4, -0.2) is 22.1 Å². The maximum atomic E-state index is 10.9. The van der Waals surface area contributed by atoms with Crippen LogP contribution in [0.5, 0.6) is 17.2 Å². The van der Waals surface area contributed by atoms with Crippen LogP contribution in [0.15, 0.2) is 36.5 Å². The van der Waals surface area contributed by atoms with Gasteiger partial charge >= 0.3 is 5.69 Å². The molecule has 110 valence electrons. The second-order valence-electron chi connectivity index (χ2n) is 4.29. The number of benzene rings is 1. The number of hydrogen-bond acceptors (Lipinski definition) is 6. The molecule has 1 heterocycles. The van der Waals surface area contributed by atoms with E-state index in [0.29, 0.717) is 17.2 Å². The Labute approximate surface area is 120 Å². The highest BCUT2D eigenvalue weighted by atomic mass is 16.6. The Balaban J connectivity index is 2.23. The smallest absolute Gasteiger partial charge is 0.314 e. The maximum Gasteiger partial charge on any atom is 0.314 e. The van der Waals surface area contributed by atoms with Gasteiger partial charge in [-0.3, -0.25) is 15.1 Å². The maximum absolute atomic E-state index is 10.9. The van der Waals surface area contributed by atoms with E-state index < -0.39 is 11.0 Å². The Morgan fingerprint density at radius 3 is 2.52 bits per heavy atom. The van der Waals surface area contributed by atoms with E-state index in [9.17, 15) is 15.2 Å². The Bertz CT molecular complexity index is 640. The summed E-state index contributed by atoms with van der Waals surface area (Å²) in [5, 5.41) is 20.3. The van der Waals surface area contributed by atoms with Gasteiger partial charge in [-0.15, -0.1) is 0 Å². The van der Waals surface area contributed by atoms with Crippen molar-refractivity contribution < 1.29 is 19.5 Å². The number of hydrogen-bond donors (Lipinski definition) is 1. The second kappa shape index (κ2) is 6.19. The first-order chi connectivity index (χ1) is 10.0. The minimum absolute atomic E-state index is 0.162. The molecule has 2 aromatic rings. The molecule has 0 saturated heterocycles. The Morgan fingerprint density at radius 1 is 1.29 bits per heavy atom. The Hall–Kier alpha value is -2.67. The quantitative estimate of drug-likeness (QED) is 0.672. The van der Waals surface area contributed by atoms with Crippen molar-refractivity contribution in [1.29, 1.82) is 0 Å². The van der Waals surface area contributed by atoms with Gasteiger partial charge in [0.05, 0.1) is 36.1 Å². The Morgan fingerprint density at radius 2 is 2.00 bits per heavy atom. The van der Waals surface area contributed by atoms with Gasteiger partial charge in [0.15, 0.2) is 5.75 Å². The topological polar surface area (TPSA) is 94.7 Å². The number of ether oxygens (including phenoxy) is 2. The van der Waals surface area contributed by atoms with Crippen molar-refractivity contribution in [2.75, 3.05) is 7.11 Å². The number of nitro groups is 1. The molecular formula is C14H14N2O5. The highest BCUT2D eigenvalue weighted by Crippen LogP contribution is 2.32. The summed E-state index contributed by atoms with van der Waals surface area (Å²) in [5.41, 5.74) is 0.339. The summed E-state index contributed by atoms with van der Waals surface area (Å²) in [6, 6.07) is 7.56. The summed E-state index contributed by atoms with van der Waals surface area (Å²) in [5.74, 6) is 0.878. The van der Waals surface area contributed by atoms with Crippen molar-refractivity contribution in [1.82, 2.24) is 4.98 Å². The van der Waals surface area contributed by atoms with Crippen LogP contribution in [0.25, 0.3) is 0 Å². The molecule has 0 bridgehead atoms. The fourth-order valence-electron chi connectivity index (χ4n) is 1.71. The molecule has 0 aliphatic heterocycles. The predicted molar refractivity (Wildman–Crippen MR) is 74.6 cm³/mol. The first-order valence-electron chi connectivity index (χ1n) is 6.15. The molecule has 1 aromatic carbocycles. The number of aliphatic hydroxyl groups excluding tert-OH is 1. The van der Waals surface area contributed by atoms with Gasteiger partial charge in [-0.1, -0.05) is 0 Å². The number of pyridine rings is 1. The van der Waals surface area contributed by atoms with Crippen LogP contribution in [0.3, 0.4) is 0 Å². The number of nitrogens with zero attached hydrogens (tertiary/aromatic N) is 2. The van der Waals surface area contributed by atoms with Gasteiger partial charge in [0.2, 0.25) is 0 Å². The van der Waals surface area contributed by atoms with Gasteiger partial charge in [0.25, 0.3) is 0 Å². The predicted octanol–water partition coefficient (Wildman–Crippen LogP) is 2.84. The van der Waals surface area contributed by atoms with Crippen LogP contribution >= 0.6 is 0 Å². The minimum Gasteiger partial charge on any atom is -0.490 e. The van der Waals surface area contributed by atoms with Crippen LogP contribution in [0.4, 0.5) is 5.69 Å². The van der Waals surface area contributed by atoms with Crippen molar-refractivity contribution in [3.8, 4) is 17.2 Å². The van der Waals surface area contributed by atoms with Crippen LogP contribution in [-0.2, 0) is 0 Å². The number of methoxy groups -OCH3 is 1. The zero-order chi connectivity index (χ0) is 15.4. The summed E-state index contributed by atoms with van der Waals surface area (Å²) in [7, 11) is 1.36. The molecule has 1 aromatic heterocycles. The molecular weight excluding hydrogens is 276 g/mol. The molecule has 1 N–H and O–H groups in total. The van der Waals surface area contributed by atoms with E-state index in [2.05, 4.69) is 4.98 Å². The van der Waals surface area contributed by atoms with E-state index in [1.54, 1.807) is 25.1 Å². The van der Waals surface area contributed by atoms with Gasteiger partial charge in [-0.05, 0) is 31.2 Å². The summed E-state index contributed by atoms with van der Waals surface area (Å²) in [6.07, 6.45) is 0.777. The second-order valence-corrected chi connectivity index (χ2v) is 4.29. The fraction of sp³-hybridized carbons (Fsp3) is 0.214. The average Bonchev–Trinajstić information content (AvgIpc) is 2.47. The molecule has 0 saturated carbocycles. The molecule has 0 radical (unpaired) electrons. The van der Waals surface area contributed by atoms with Gasteiger partial charge in [0.1, 0.15) is 11.5 Å². The van der Waals surface area contributed by atoms with E-state index in [1.165, 1.54) is 25.4 Å². The van der Waals surface area contributed by atoms with Gasteiger partial charge in [-0.2, -0.15) is 0 Å². The van der Waals surface area contributed by atoms with Crippen molar-refractivity contribution in [2.45, 2.75) is 13.0 Å². The average molecular weight is 290 g/mol. The van der Waals surface area contributed by atoms with E-state index in [4.69, 9.17) is 9.47 Å².